The molecule has 21 heavy (non-hydrogen) atoms. The maximum Gasteiger partial charge on any atom is 0.191 e. The fourth-order valence-electron chi connectivity index (χ4n) is 2.74. The van der Waals surface area contributed by atoms with Gasteiger partial charge in [0.25, 0.3) is 0 Å². The fourth-order valence-corrected chi connectivity index (χ4v) is 2.74. The molecule has 3 unspecified atom stereocenters. The molecule has 0 spiro atoms. The zero-order valence-electron chi connectivity index (χ0n) is 12.6. The molecule has 2 aliphatic rings. The average molecular weight is 401 g/mol. The Hall–Kier alpha value is -0.980. The lowest BCUT2D eigenvalue weighted by molar-refractivity contribution is 0.267. The van der Waals surface area contributed by atoms with Crippen molar-refractivity contribution < 1.29 is 4.74 Å². The van der Waals surface area contributed by atoms with Gasteiger partial charge in [-0.2, -0.15) is 0 Å². The fraction of sp³-hybridized carbons (Fsp3) is 0.562. The number of fused-ring (bicyclic) bond motifs is 1. The highest BCUT2D eigenvalue weighted by atomic mass is 127. The predicted octanol–water partition coefficient (Wildman–Crippen LogP) is 2.74. The molecule has 1 fully saturated rings. The number of ether oxygens (including phenoxy) is 1. The summed E-state index contributed by atoms with van der Waals surface area (Å²) in [5, 5.41) is 6.92. The van der Waals surface area contributed by atoms with E-state index in [1.807, 2.05) is 13.1 Å². The minimum absolute atomic E-state index is 0. The van der Waals surface area contributed by atoms with Crippen LogP contribution in [0.1, 0.15) is 31.2 Å². The first-order chi connectivity index (χ1) is 9.78. The van der Waals surface area contributed by atoms with E-state index < -0.39 is 0 Å². The molecule has 0 saturated heterocycles. The Morgan fingerprint density at radius 2 is 2.14 bits per heavy atom. The van der Waals surface area contributed by atoms with E-state index >= 15 is 0 Å². The molecule has 1 saturated carbocycles. The SMILES string of the molecule is CN=C(NCC1CCOc2ccccc21)NC1CC1C.I. The van der Waals surface area contributed by atoms with Gasteiger partial charge in [-0.15, -0.1) is 24.0 Å². The van der Waals surface area contributed by atoms with Gasteiger partial charge >= 0.3 is 0 Å². The second kappa shape index (κ2) is 7.33. The molecule has 3 rings (SSSR count). The molecule has 2 N–H and O–H groups in total. The molecule has 0 bridgehead atoms. The number of para-hydroxylation sites is 1. The molecule has 4 nitrogen and oxygen atoms in total. The third kappa shape index (κ3) is 4.02. The molecule has 0 amide bonds. The van der Waals surface area contributed by atoms with Crippen molar-refractivity contribution in [1.29, 1.82) is 0 Å². The molecular formula is C16H24IN3O. The maximum absolute atomic E-state index is 5.70. The van der Waals surface area contributed by atoms with Crippen LogP contribution in [0.4, 0.5) is 0 Å². The topological polar surface area (TPSA) is 45.7 Å². The summed E-state index contributed by atoms with van der Waals surface area (Å²) in [5.74, 6) is 3.22. The van der Waals surface area contributed by atoms with Gasteiger partial charge in [-0.25, -0.2) is 0 Å². The lowest BCUT2D eigenvalue weighted by atomic mass is 9.93. The van der Waals surface area contributed by atoms with Crippen LogP contribution >= 0.6 is 24.0 Å². The smallest absolute Gasteiger partial charge is 0.191 e. The Balaban J connectivity index is 0.00000161. The second-order valence-electron chi connectivity index (χ2n) is 5.79. The van der Waals surface area contributed by atoms with Gasteiger partial charge in [0.15, 0.2) is 5.96 Å². The summed E-state index contributed by atoms with van der Waals surface area (Å²) >= 11 is 0. The summed E-state index contributed by atoms with van der Waals surface area (Å²) in [6.07, 6.45) is 2.31. The highest BCUT2D eigenvalue weighted by molar-refractivity contribution is 14.0. The number of benzene rings is 1. The van der Waals surface area contributed by atoms with Crippen LogP contribution in [-0.2, 0) is 0 Å². The van der Waals surface area contributed by atoms with E-state index in [-0.39, 0.29) is 24.0 Å². The second-order valence-corrected chi connectivity index (χ2v) is 5.79. The van der Waals surface area contributed by atoms with Crippen molar-refractivity contribution in [3.63, 3.8) is 0 Å². The molecule has 1 aromatic carbocycles. The monoisotopic (exact) mass is 401 g/mol. The van der Waals surface area contributed by atoms with Crippen molar-refractivity contribution in [2.45, 2.75) is 31.7 Å². The van der Waals surface area contributed by atoms with E-state index in [1.165, 1.54) is 12.0 Å². The summed E-state index contributed by atoms with van der Waals surface area (Å²) < 4.78 is 5.70. The van der Waals surface area contributed by atoms with Crippen LogP contribution in [0.2, 0.25) is 0 Å². The molecule has 3 atom stereocenters. The Morgan fingerprint density at radius 3 is 2.86 bits per heavy atom. The summed E-state index contributed by atoms with van der Waals surface area (Å²) in [7, 11) is 1.83. The Kier molecular flexibility index (Phi) is 5.72. The third-order valence-corrected chi connectivity index (χ3v) is 4.25. The first-order valence-corrected chi connectivity index (χ1v) is 7.47. The van der Waals surface area contributed by atoms with E-state index in [1.54, 1.807) is 0 Å². The predicted molar refractivity (Wildman–Crippen MR) is 96.8 cm³/mol. The van der Waals surface area contributed by atoms with E-state index in [0.29, 0.717) is 12.0 Å². The van der Waals surface area contributed by atoms with Crippen molar-refractivity contribution in [2.75, 3.05) is 20.2 Å². The molecule has 1 aliphatic heterocycles. The minimum atomic E-state index is 0. The van der Waals surface area contributed by atoms with Crippen molar-refractivity contribution in [3.8, 4) is 5.75 Å². The number of hydrogen-bond donors (Lipinski definition) is 2. The lowest BCUT2D eigenvalue weighted by Gasteiger charge is -2.26. The molecule has 1 aliphatic carbocycles. The maximum atomic E-state index is 5.70. The van der Waals surface area contributed by atoms with E-state index in [4.69, 9.17) is 4.74 Å². The van der Waals surface area contributed by atoms with Crippen LogP contribution in [0.25, 0.3) is 0 Å². The Bertz CT molecular complexity index is 506. The molecule has 0 aromatic heterocycles. The lowest BCUT2D eigenvalue weighted by Crippen LogP contribution is -2.41. The largest absolute Gasteiger partial charge is 0.493 e. The van der Waals surface area contributed by atoms with Crippen molar-refractivity contribution in [1.82, 2.24) is 10.6 Å². The first-order valence-electron chi connectivity index (χ1n) is 7.47. The van der Waals surface area contributed by atoms with Crippen LogP contribution in [0.3, 0.4) is 0 Å². The molecule has 1 aromatic rings. The quantitative estimate of drug-likeness (QED) is 0.465. The number of nitrogens with zero attached hydrogens (tertiary/aromatic N) is 1. The summed E-state index contributed by atoms with van der Waals surface area (Å²) in [5.41, 5.74) is 1.31. The van der Waals surface area contributed by atoms with Gasteiger partial charge in [-0.3, -0.25) is 4.99 Å². The zero-order chi connectivity index (χ0) is 13.9. The molecule has 5 heteroatoms. The summed E-state index contributed by atoms with van der Waals surface area (Å²) in [6, 6.07) is 8.94. The number of rotatable bonds is 3. The highest BCUT2D eigenvalue weighted by Crippen LogP contribution is 2.33. The van der Waals surface area contributed by atoms with Gasteiger partial charge in [0.1, 0.15) is 5.75 Å². The van der Waals surface area contributed by atoms with Crippen molar-refractivity contribution in [3.05, 3.63) is 29.8 Å². The average Bonchev–Trinajstić information content (AvgIpc) is 3.18. The molecule has 1 heterocycles. The zero-order valence-corrected chi connectivity index (χ0v) is 15.0. The summed E-state index contributed by atoms with van der Waals surface area (Å²) in [6.45, 7) is 3.97. The third-order valence-electron chi connectivity index (χ3n) is 4.25. The number of nitrogens with one attached hydrogen (secondary N) is 2. The molecular weight excluding hydrogens is 377 g/mol. The van der Waals surface area contributed by atoms with Gasteiger partial charge in [0.2, 0.25) is 0 Å². The highest BCUT2D eigenvalue weighted by Gasteiger charge is 2.33. The molecule has 0 radical (unpaired) electrons. The molecule has 116 valence electrons. The van der Waals surface area contributed by atoms with E-state index in [9.17, 15) is 0 Å². The summed E-state index contributed by atoms with van der Waals surface area (Å²) in [4.78, 5) is 4.31. The number of hydrogen-bond acceptors (Lipinski definition) is 2. The minimum Gasteiger partial charge on any atom is -0.493 e. The van der Waals surface area contributed by atoms with Gasteiger partial charge < -0.3 is 15.4 Å². The van der Waals surface area contributed by atoms with Crippen molar-refractivity contribution >= 4 is 29.9 Å². The van der Waals surface area contributed by atoms with Crippen molar-refractivity contribution in [2.24, 2.45) is 10.9 Å². The van der Waals surface area contributed by atoms with Crippen LogP contribution in [0.15, 0.2) is 29.3 Å². The van der Waals surface area contributed by atoms with Gasteiger partial charge in [0, 0.05) is 25.6 Å². The van der Waals surface area contributed by atoms with Gasteiger partial charge in [-0.05, 0) is 30.4 Å². The van der Waals surface area contributed by atoms with Gasteiger partial charge in [-0.1, -0.05) is 25.1 Å². The van der Waals surface area contributed by atoms with E-state index in [0.717, 1.165) is 37.2 Å². The Labute approximate surface area is 143 Å². The normalized spacial score (nSPS) is 27.0. The standard InChI is InChI=1S/C16H23N3O.HI/c1-11-9-14(11)19-16(17-2)18-10-12-7-8-20-15-6-4-3-5-13(12)15;/h3-6,11-12,14H,7-10H2,1-2H3,(H2,17,18,19);1H. The van der Waals surface area contributed by atoms with Crippen LogP contribution in [0.5, 0.6) is 5.75 Å². The number of guanidine groups is 1. The first kappa shape index (κ1) is 16.4. The van der Waals surface area contributed by atoms with Crippen LogP contribution in [-0.4, -0.2) is 32.2 Å². The van der Waals surface area contributed by atoms with E-state index in [2.05, 4.69) is 40.7 Å². The van der Waals surface area contributed by atoms with Gasteiger partial charge in [0.05, 0.1) is 6.61 Å². The number of halogens is 1. The number of aliphatic imine (C=N–C) groups is 1. The van der Waals surface area contributed by atoms with Crippen LogP contribution < -0.4 is 15.4 Å². The van der Waals surface area contributed by atoms with Crippen LogP contribution in [0, 0.1) is 5.92 Å². The Morgan fingerprint density at radius 1 is 1.38 bits per heavy atom.